The molecule has 0 saturated carbocycles. The van der Waals surface area contributed by atoms with Gasteiger partial charge in [0.1, 0.15) is 5.82 Å². The molecule has 29 heavy (non-hydrogen) atoms. The number of hydrogen-bond acceptors (Lipinski definition) is 3. The van der Waals surface area contributed by atoms with Crippen LogP contribution in [0.15, 0.2) is 48.5 Å². The number of anilines is 1. The molecule has 150 valence electrons. The molecule has 1 aromatic heterocycles. The lowest BCUT2D eigenvalue weighted by Gasteiger charge is -2.35. The average molecular weight is 387 g/mol. The van der Waals surface area contributed by atoms with Crippen molar-refractivity contribution in [2.24, 2.45) is 0 Å². The molecule has 2 aliphatic rings. The lowest BCUT2D eigenvalue weighted by Crippen LogP contribution is -2.33. The SMILES string of the molecule is Cc1cccc(-n2nc(C3CCCCN3Cc3ccccc3)c3c2NCC3)c1C. The molecule has 4 nitrogen and oxygen atoms in total. The number of fused-ring (bicyclic) bond motifs is 1. The Balaban J connectivity index is 1.54. The fraction of sp³-hybridized carbons (Fsp3) is 0.400. The Morgan fingerprint density at radius 2 is 1.90 bits per heavy atom. The monoisotopic (exact) mass is 386 g/mol. The van der Waals surface area contributed by atoms with Crippen molar-refractivity contribution in [3.63, 3.8) is 0 Å². The summed E-state index contributed by atoms with van der Waals surface area (Å²) in [5.41, 5.74) is 7.94. The van der Waals surface area contributed by atoms with Crippen molar-refractivity contribution in [3.8, 4) is 5.69 Å². The summed E-state index contributed by atoms with van der Waals surface area (Å²) in [6, 6.07) is 17.8. The van der Waals surface area contributed by atoms with Gasteiger partial charge >= 0.3 is 0 Å². The molecule has 0 bridgehead atoms. The number of rotatable bonds is 4. The Morgan fingerprint density at radius 1 is 1.03 bits per heavy atom. The minimum Gasteiger partial charge on any atom is -0.369 e. The fourth-order valence-corrected chi connectivity index (χ4v) is 4.92. The van der Waals surface area contributed by atoms with Crippen LogP contribution in [0.3, 0.4) is 0 Å². The third-order valence-corrected chi connectivity index (χ3v) is 6.64. The Bertz CT molecular complexity index is 1010. The summed E-state index contributed by atoms with van der Waals surface area (Å²) in [5.74, 6) is 1.21. The molecule has 1 fully saturated rings. The van der Waals surface area contributed by atoms with Gasteiger partial charge in [0, 0.05) is 18.7 Å². The number of hydrogen-bond donors (Lipinski definition) is 1. The molecular formula is C25H30N4. The number of benzene rings is 2. The highest BCUT2D eigenvalue weighted by Gasteiger charge is 2.32. The predicted molar refractivity (Wildman–Crippen MR) is 119 cm³/mol. The smallest absolute Gasteiger partial charge is 0.133 e. The van der Waals surface area contributed by atoms with E-state index < -0.39 is 0 Å². The van der Waals surface area contributed by atoms with Crippen molar-refractivity contribution in [3.05, 3.63) is 76.5 Å². The summed E-state index contributed by atoms with van der Waals surface area (Å²) >= 11 is 0. The number of aromatic nitrogens is 2. The van der Waals surface area contributed by atoms with Gasteiger partial charge < -0.3 is 5.32 Å². The lowest BCUT2D eigenvalue weighted by atomic mass is 9.95. The van der Waals surface area contributed by atoms with Crippen LogP contribution in [0.5, 0.6) is 0 Å². The zero-order valence-electron chi connectivity index (χ0n) is 17.5. The molecule has 5 rings (SSSR count). The van der Waals surface area contributed by atoms with Crippen LogP contribution in [0.25, 0.3) is 5.69 Å². The van der Waals surface area contributed by atoms with Gasteiger partial charge in [0.25, 0.3) is 0 Å². The number of likely N-dealkylation sites (tertiary alicyclic amines) is 1. The molecule has 3 aromatic rings. The van der Waals surface area contributed by atoms with Crippen molar-refractivity contribution in [2.45, 2.75) is 52.1 Å². The van der Waals surface area contributed by atoms with E-state index in [-0.39, 0.29) is 0 Å². The van der Waals surface area contributed by atoms with Crippen molar-refractivity contribution in [1.82, 2.24) is 14.7 Å². The van der Waals surface area contributed by atoms with E-state index in [0.717, 1.165) is 26.1 Å². The van der Waals surface area contributed by atoms with Crippen LogP contribution >= 0.6 is 0 Å². The summed E-state index contributed by atoms with van der Waals surface area (Å²) in [6.45, 7) is 7.55. The highest BCUT2D eigenvalue weighted by molar-refractivity contribution is 5.59. The maximum atomic E-state index is 5.23. The predicted octanol–water partition coefficient (Wildman–Crippen LogP) is 5.18. The van der Waals surface area contributed by atoms with Crippen LogP contribution in [0, 0.1) is 13.8 Å². The topological polar surface area (TPSA) is 33.1 Å². The molecule has 1 atom stereocenters. The van der Waals surface area contributed by atoms with Gasteiger partial charge in [-0.25, -0.2) is 4.68 Å². The maximum absolute atomic E-state index is 5.23. The molecule has 0 radical (unpaired) electrons. The van der Waals surface area contributed by atoms with E-state index in [9.17, 15) is 0 Å². The molecule has 0 spiro atoms. The molecule has 1 saturated heterocycles. The van der Waals surface area contributed by atoms with Gasteiger partial charge in [-0.15, -0.1) is 0 Å². The molecule has 0 aliphatic carbocycles. The van der Waals surface area contributed by atoms with Gasteiger partial charge in [0.15, 0.2) is 0 Å². The number of aryl methyl sites for hydroxylation is 1. The van der Waals surface area contributed by atoms with Crippen LogP contribution in [-0.2, 0) is 13.0 Å². The van der Waals surface area contributed by atoms with Gasteiger partial charge in [-0.05, 0) is 62.4 Å². The molecule has 0 amide bonds. The first kappa shape index (κ1) is 18.4. The Morgan fingerprint density at radius 3 is 2.76 bits per heavy atom. The molecule has 2 aromatic carbocycles. The van der Waals surface area contributed by atoms with E-state index in [1.54, 1.807) is 0 Å². The minimum atomic E-state index is 0.406. The summed E-state index contributed by atoms with van der Waals surface area (Å²) in [4.78, 5) is 2.65. The second kappa shape index (κ2) is 7.68. The first-order valence-electron chi connectivity index (χ1n) is 10.9. The van der Waals surface area contributed by atoms with Crippen LogP contribution in [0.1, 0.15) is 53.3 Å². The molecule has 2 aliphatic heterocycles. The number of piperidine rings is 1. The summed E-state index contributed by atoms with van der Waals surface area (Å²) in [5, 5.41) is 8.85. The van der Waals surface area contributed by atoms with Gasteiger partial charge in [-0.3, -0.25) is 4.90 Å². The van der Waals surface area contributed by atoms with Crippen LogP contribution in [0.4, 0.5) is 5.82 Å². The summed E-state index contributed by atoms with van der Waals surface area (Å²) in [6.07, 6.45) is 4.84. The number of nitrogens with one attached hydrogen (secondary N) is 1. The van der Waals surface area contributed by atoms with Crippen LogP contribution in [-0.4, -0.2) is 27.8 Å². The highest BCUT2D eigenvalue weighted by Crippen LogP contribution is 2.39. The normalized spacial score (nSPS) is 19.2. The first-order chi connectivity index (χ1) is 14.2. The third kappa shape index (κ3) is 3.36. The van der Waals surface area contributed by atoms with E-state index in [4.69, 9.17) is 5.10 Å². The minimum absolute atomic E-state index is 0.406. The zero-order valence-corrected chi connectivity index (χ0v) is 17.5. The Hall–Kier alpha value is -2.59. The Labute approximate surface area is 173 Å². The van der Waals surface area contributed by atoms with Crippen LogP contribution < -0.4 is 5.32 Å². The molecule has 1 unspecified atom stereocenters. The largest absolute Gasteiger partial charge is 0.369 e. The second-order valence-corrected chi connectivity index (χ2v) is 8.49. The Kier molecular flexibility index (Phi) is 4.88. The van der Waals surface area contributed by atoms with Crippen molar-refractivity contribution in [1.29, 1.82) is 0 Å². The molecule has 4 heteroatoms. The van der Waals surface area contributed by atoms with E-state index in [1.807, 2.05) is 0 Å². The standard InChI is InChI=1S/C25H30N4/c1-18-9-8-13-22(19(18)2)29-25-21(14-15-26-25)24(27-29)23-12-6-7-16-28(23)17-20-10-4-3-5-11-20/h3-5,8-11,13,23,26H,6-7,12,14-17H2,1-2H3. The number of nitrogens with zero attached hydrogens (tertiary/aromatic N) is 3. The fourth-order valence-electron chi connectivity index (χ4n) is 4.92. The average Bonchev–Trinajstić information content (AvgIpc) is 3.35. The van der Waals surface area contributed by atoms with Crippen molar-refractivity contribution < 1.29 is 0 Å². The maximum Gasteiger partial charge on any atom is 0.133 e. The van der Waals surface area contributed by atoms with E-state index in [1.165, 1.54) is 58.7 Å². The molecule has 3 heterocycles. The summed E-state index contributed by atoms with van der Waals surface area (Å²) < 4.78 is 2.18. The highest BCUT2D eigenvalue weighted by atomic mass is 15.4. The van der Waals surface area contributed by atoms with E-state index >= 15 is 0 Å². The van der Waals surface area contributed by atoms with Crippen molar-refractivity contribution in [2.75, 3.05) is 18.4 Å². The quantitative estimate of drug-likeness (QED) is 0.670. The van der Waals surface area contributed by atoms with Crippen molar-refractivity contribution >= 4 is 5.82 Å². The molecular weight excluding hydrogens is 356 g/mol. The first-order valence-corrected chi connectivity index (χ1v) is 10.9. The van der Waals surface area contributed by atoms with E-state index in [0.29, 0.717) is 6.04 Å². The lowest BCUT2D eigenvalue weighted by molar-refractivity contribution is 0.136. The summed E-state index contributed by atoms with van der Waals surface area (Å²) in [7, 11) is 0. The van der Waals surface area contributed by atoms with Gasteiger partial charge in [-0.1, -0.05) is 48.9 Å². The van der Waals surface area contributed by atoms with Gasteiger partial charge in [0.05, 0.1) is 17.4 Å². The zero-order chi connectivity index (χ0) is 19.8. The van der Waals surface area contributed by atoms with Gasteiger partial charge in [-0.2, -0.15) is 5.10 Å². The van der Waals surface area contributed by atoms with E-state index in [2.05, 4.69) is 77.3 Å². The second-order valence-electron chi connectivity index (χ2n) is 8.49. The molecule has 1 N–H and O–H groups in total. The van der Waals surface area contributed by atoms with Gasteiger partial charge in [0.2, 0.25) is 0 Å². The van der Waals surface area contributed by atoms with Crippen LogP contribution in [0.2, 0.25) is 0 Å². The third-order valence-electron chi connectivity index (χ3n) is 6.64.